The van der Waals surface area contributed by atoms with E-state index >= 15 is 0 Å². The van der Waals surface area contributed by atoms with Gasteiger partial charge in [-0.3, -0.25) is 9.89 Å². The zero-order valence-corrected chi connectivity index (χ0v) is 8.32. The highest BCUT2D eigenvalue weighted by molar-refractivity contribution is 6.00. The van der Waals surface area contributed by atoms with E-state index in [1.54, 1.807) is 12.3 Å². The first kappa shape index (κ1) is 9.45. The van der Waals surface area contributed by atoms with E-state index in [1.165, 1.54) is 0 Å². The molecule has 4 nitrogen and oxygen atoms in total. The Morgan fingerprint density at radius 2 is 2.20 bits per heavy atom. The summed E-state index contributed by atoms with van der Waals surface area (Å²) < 4.78 is 0. The highest BCUT2D eigenvalue weighted by Crippen LogP contribution is 2.23. The second-order valence-corrected chi connectivity index (χ2v) is 3.33. The van der Waals surface area contributed by atoms with Gasteiger partial charge < -0.3 is 5.73 Å². The minimum Gasteiger partial charge on any atom is -0.366 e. The lowest BCUT2D eigenvalue weighted by atomic mass is 9.99. The Balaban J connectivity index is 2.66. The number of primary amides is 1. The minimum absolute atomic E-state index is 0.419. The smallest absolute Gasteiger partial charge is 0.249 e. The van der Waals surface area contributed by atoms with Crippen molar-refractivity contribution in [2.75, 3.05) is 0 Å². The average Bonchev–Trinajstić information content (AvgIpc) is 2.69. The first-order valence-electron chi connectivity index (χ1n) is 4.59. The minimum atomic E-state index is -0.419. The molecule has 76 valence electrons. The Hall–Kier alpha value is -2.10. The standard InChI is InChI=1S/C11H11N3O/c1-7-3-2-4-8(10(7)11(12)15)9-5-6-13-14-9/h2-6H,1H3,(H2,12,15)(H,13,14). The number of carbonyl (C=O) groups is 1. The number of nitrogens with two attached hydrogens (primary N) is 1. The van der Waals surface area contributed by atoms with E-state index in [-0.39, 0.29) is 0 Å². The summed E-state index contributed by atoms with van der Waals surface area (Å²) in [6.07, 6.45) is 1.64. The van der Waals surface area contributed by atoms with Crippen LogP contribution in [0, 0.1) is 6.92 Å². The molecule has 2 rings (SSSR count). The van der Waals surface area contributed by atoms with Crippen molar-refractivity contribution in [2.45, 2.75) is 6.92 Å². The Bertz CT molecular complexity index is 489. The highest BCUT2D eigenvalue weighted by atomic mass is 16.1. The summed E-state index contributed by atoms with van der Waals surface area (Å²) in [6, 6.07) is 7.40. The number of nitrogens with zero attached hydrogens (tertiary/aromatic N) is 1. The quantitative estimate of drug-likeness (QED) is 0.772. The SMILES string of the molecule is Cc1cccc(-c2ccn[nH]2)c1C(N)=O. The van der Waals surface area contributed by atoms with Crippen LogP contribution in [0.3, 0.4) is 0 Å². The van der Waals surface area contributed by atoms with Crippen molar-refractivity contribution < 1.29 is 4.79 Å². The molecule has 3 N–H and O–H groups in total. The lowest BCUT2D eigenvalue weighted by Crippen LogP contribution is -2.14. The molecule has 15 heavy (non-hydrogen) atoms. The molecule has 1 aromatic carbocycles. The van der Waals surface area contributed by atoms with Crippen LogP contribution in [-0.2, 0) is 0 Å². The normalized spacial score (nSPS) is 10.2. The van der Waals surface area contributed by atoms with Crippen LogP contribution in [0.5, 0.6) is 0 Å². The molecule has 0 bridgehead atoms. The topological polar surface area (TPSA) is 71.8 Å². The fourth-order valence-corrected chi connectivity index (χ4v) is 1.63. The molecule has 0 aliphatic carbocycles. The van der Waals surface area contributed by atoms with E-state index in [1.807, 2.05) is 25.1 Å². The summed E-state index contributed by atoms with van der Waals surface area (Å²) in [6.45, 7) is 1.86. The number of nitrogens with one attached hydrogen (secondary N) is 1. The van der Waals surface area contributed by atoms with Gasteiger partial charge in [0, 0.05) is 11.8 Å². The van der Waals surface area contributed by atoms with Crippen molar-refractivity contribution in [3.8, 4) is 11.3 Å². The molecule has 0 saturated heterocycles. The van der Waals surface area contributed by atoms with Crippen molar-refractivity contribution in [3.63, 3.8) is 0 Å². The number of aryl methyl sites for hydroxylation is 1. The summed E-state index contributed by atoms with van der Waals surface area (Å²) >= 11 is 0. The van der Waals surface area contributed by atoms with Gasteiger partial charge in [-0.1, -0.05) is 18.2 Å². The highest BCUT2D eigenvalue weighted by Gasteiger charge is 2.12. The average molecular weight is 201 g/mol. The molecule has 0 aliphatic rings. The lowest BCUT2D eigenvalue weighted by molar-refractivity contribution is 0.100. The molecule has 0 spiro atoms. The van der Waals surface area contributed by atoms with E-state index in [0.29, 0.717) is 5.56 Å². The first-order valence-corrected chi connectivity index (χ1v) is 4.59. The van der Waals surface area contributed by atoms with Crippen molar-refractivity contribution in [3.05, 3.63) is 41.6 Å². The van der Waals surface area contributed by atoms with Crippen molar-refractivity contribution in [1.82, 2.24) is 10.2 Å². The van der Waals surface area contributed by atoms with Crippen LogP contribution in [0.4, 0.5) is 0 Å². The van der Waals surface area contributed by atoms with Gasteiger partial charge in [-0.15, -0.1) is 0 Å². The zero-order chi connectivity index (χ0) is 10.8. The second-order valence-electron chi connectivity index (χ2n) is 3.33. The molecule has 2 aromatic rings. The third kappa shape index (κ3) is 1.61. The number of hydrogen-bond acceptors (Lipinski definition) is 2. The maximum absolute atomic E-state index is 11.3. The predicted octanol–water partition coefficient (Wildman–Crippen LogP) is 1.48. The third-order valence-corrected chi connectivity index (χ3v) is 2.31. The molecule has 0 saturated carbocycles. The van der Waals surface area contributed by atoms with Crippen LogP contribution in [0.25, 0.3) is 11.3 Å². The van der Waals surface area contributed by atoms with Crippen LogP contribution in [0.2, 0.25) is 0 Å². The van der Waals surface area contributed by atoms with E-state index in [4.69, 9.17) is 5.73 Å². The van der Waals surface area contributed by atoms with Gasteiger partial charge in [0.05, 0.1) is 11.3 Å². The molecular formula is C11H11N3O. The third-order valence-electron chi connectivity index (χ3n) is 2.31. The van der Waals surface area contributed by atoms with Gasteiger partial charge in [0.15, 0.2) is 0 Å². The number of carbonyl (C=O) groups excluding carboxylic acids is 1. The van der Waals surface area contributed by atoms with Crippen LogP contribution < -0.4 is 5.73 Å². The Kier molecular flexibility index (Phi) is 2.25. The molecule has 0 radical (unpaired) electrons. The van der Waals surface area contributed by atoms with Gasteiger partial charge in [0.25, 0.3) is 0 Å². The second kappa shape index (κ2) is 3.57. The van der Waals surface area contributed by atoms with Gasteiger partial charge >= 0.3 is 0 Å². The monoisotopic (exact) mass is 201 g/mol. The number of rotatable bonds is 2. The number of benzene rings is 1. The molecule has 0 aliphatic heterocycles. The largest absolute Gasteiger partial charge is 0.366 e. The van der Waals surface area contributed by atoms with Crippen molar-refractivity contribution in [2.24, 2.45) is 5.73 Å². The molecule has 0 unspecified atom stereocenters. The number of aromatic nitrogens is 2. The van der Waals surface area contributed by atoms with Gasteiger partial charge in [0.1, 0.15) is 0 Å². The molecule has 0 fully saturated rings. The molecule has 1 aromatic heterocycles. The Labute approximate surface area is 87.1 Å². The molecule has 0 atom stereocenters. The summed E-state index contributed by atoms with van der Waals surface area (Å²) in [7, 11) is 0. The summed E-state index contributed by atoms with van der Waals surface area (Å²) in [5.41, 5.74) is 8.35. The lowest BCUT2D eigenvalue weighted by Gasteiger charge is -2.07. The zero-order valence-electron chi connectivity index (χ0n) is 8.32. The van der Waals surface area contributed by atoms with Gasteiger partial charge in [-0.25, -0.2) is 0 Å². The Morgan fingerprint density at radius 1 is 1.40 bits per heavy atom. The summed E-state index contributed by atoms with van der Waals surface area (Å²) in [5, 5.41) is 6.67. The Morgan fingerprint density at radius 3 is 2.80 bits per heavy atom. The van der Waals surface area contributed by atoms with Crippen LogP contribution in [-0.4, -0.2) is 16.1 Å². The predicted molar refractivity (Wildman–Crippen MR) is 57.3 cm³/mol. The molecule has 1 amide bonds. The molecule has 4 heteroatoms. The summed E-state index contributed by atoms with van der Waals surface area (Å²) in [4.78, 5) is 11.3. The maximum atomic E-state index is 11.3. The van der Waals surface area contributed by atoms with E-state index in [0.717, 1.165) is 16.8 Å². The number of H-pyrrole nitrogens is 1. The van der Waals surface area contributed by atoms with E-state index in [2.05, 4.69) is 10.2 Å². The van der Waals surface area contributed by atoms with Crippen LogP contribution >= 0.6 is 0 Å². The fraction of sp³-hybridized carbons (Fsp3) is 0.0909. The van der Waals surface area contributed by atoms with Gasteiger partial charge in [-0.05, 0) is 18.6 Å². The van der Waals surface area contributed by atoms with Gasteiger partial charge in [-0.2, -0.15) is 5.10 Å². The number of amides is 1. The van der Waals surface area contributed by atoms with Gasteiger partial charge in [0.2, 0.25) is 5.91 Å². The van der Waals surface area contributed by atoms with E-state index < -0.39 is 5.91 Å². The number of aromatic amines is 1. The van der Waals surface area contributed by atoms with Crippen LogP contribution in [0.1, 0.15) is 15.9 Å². The van der Waals surface area contributed by atoms with Crippen LogP contribution in [0.15, 0.2) is 30.5 Å². The van der Waals surface area contributed by atoms with E-state index in [9.17, 15) is 4.79 Å². The number of hydrogen-bond donors (Lipinski definition) is 2. The molecular weight excluding hydrogens is 190 g/mol. The maximum Gasteiger partial charge on any atom is 0.249 e. The van der Waals surface area contributed by atoms with Crippen molar-refractivity contribution >= 4 is 5.91 Å². The fourth-order valence-electron chi connectivity index (χ4n) is 1.63. The molecule has 1 heterocycles. The first-order chi connectivity index (χ1) is 7.20. The van der Waals surface area contributed by atoms with Crippen molar-refractivity contribution in [1.29, 1.82) is 0 Å². The summed E-state index contributed by atoms with van der Waals surface area (Å²) in [5.74, 6) is -0.419.